The average Bonchev–Trinajstić information content (AvgIpc) is 3.08. The van der Waals surface area contributed by atoms with Gasteiger partial charge in [0, 0.05) is 18.2 Å². The molecule has 2 aromatic carbocycles. The molecular formula is C18H17N5O2S. The molecular weight excluding hydrogens is 350 g/mol. The number of tetrazole rings is 1. The van der Waals surface area contributed by atoms with Gasteiger partial charge in [0.25, 0.3) is 0 Å². The van der Waals surface area contributed by atoms with Crippen molar-refractivity contribution >= 4 is 29.1 Å². The summed E-state index contributed by atoms with van der Waals surface area (Å²) in [5, 5.41) is 14.9. The number of aromatic nitrogens is 4. The molecule has 1 heterocycles. The number of carbonyl (C=O) groups is 2. The number of carbonyl (C=O) groups excluding carboxylic acids is 2. The Morgan fingerprint density at radius 3 is 2.62 bits per heavy atom. The highest BCUT2D eigenvalue weighted by Crippen LogP contribution is 2.20. The first-order valence-electron chi connectivity index (χ1n) is 7.92. The minimum Gasteiger partial charge on any atom is -0.326 e. The molecule has 0 radical (unpaired) electrons. The van der Waals surface area contributed by atoms with Crippen LogP contribution in [0.4, 0.5) is 5.69 Å². The monoisotopic (exact) mass is 367 g/mol. The van der Waals surface area contributed by atoms with Crippen LogP contribution in [0.1, 0.15) is 22.8 Å². The molecule has 3 rings (SSSR count). The van der Waals surface area contributed by atoms with Gasteiger partial charge in [-0.05, 0) is 59.3 Å². The molecule has 3 aromatic rings. The number of nitrogens with one attached hydrogen (secondary N) is 1. The summed E-state index contributed by atoms with van der Waals surface area (Å²) in [6.45, 7) is 3.43. The maximum Gasteiger partial charge on any atom is 0.221 e. The summed E-state index contributed by atoms with van der Waals surface area (Å²) < 4.78 is 1.62. The van der Waals surface area contributed by atoms with E-state index in [-0.39, 0.29) is 17.4 Å². The van der Waals surface area contributed by atoms with Crippen LogP contribution in [0, 0.1) is 6.92 Å². The molecule has 8 heteroatoms. The lowest BCUT2D eigenvalue weighted by Crippen LogP contribution is -2.07. The van der Waals surface area contributed by atoms with Crippen LogP contribution in [-0.4, -0.2) is 37.7 Å². The number of benzene rings is 2. The Morgan fingerprint density at radius 1 is 1.15 bits per heavy atom. The summed E-state index contributed by atoms with van der Waals surface area (Å²) in [6.07, 6.45) is 0. The van der Waals surface area contributed by atoms with Gasteiger partial charge in [0.15, 0.2) is 5.78 Å². The summed E-state index contributed by atoms with van der Waals surface area (Å²) in [5.41, 5.74) is 3.18. The molecule has 0 bridgehead atoms. The number of Topliss-reactive ketones (excluding diaryl/α,β-unsaturated/α-hetero) is 1. The van der Waals surface area contributed by atoms with Gasteiger partial charge in [-0.1, -0.05) is 23.9 Å². The van der Waals surface area contributed by atoms with E-state index in [0.29, 0.717) is 16.4 Å². The van der Waals surface area contributed by atoms with Crippen molar-refractivity contribution in [3.63, 3.8) is 0 Å². The van der Waals surface area contributed by atoms with Crippen LogP contribution in [-0.2, 0) is 4.79 Å². The molecule has 132 valence electrons. The Labute approximate surface area is 154 Å². The van der Waals surface area contributed by atoms with Crippen LogP contribution < -0.4 is 5.32 Å². The van der Waals surface area contributed by atoms with Gasteiger partial charge in [0.2, 0.25) is 11.1 Å². The van der Waals surface area contributed by atoms with E-state index in [1.165, 1.54) is 18.7 Å². The fraction of sp³-hybridized carbons (Fsp3) is 0.167. The largest absolute Gasteiger partial charge is 0.326 e. The maximum atomic E-state index is 12.4. The zero-order chi connectivity index (χ0) is 18.5. The number of rotatable bonds is 6. The predicted molar refractivity (Wildman–Crippen MR) is 99.7 cm³/mol. The number of anilines is 1. The van der Waals surface area contributed by atoms with Crippen LogP contribution in [0.5, 0.6) is 0 Å². The molecule has 0 aliphatic rings. The Bertz CT molecular complexity index is 937. The van der Waals surface area contributed by atoms with Crippen LogP contribution in [0.15, 0.2) is 53.7 Å². The van der Waals surface area contributed by atoms with Crippen LogP contribution in [0.2, 0.25) is 0 Å². The Morgan fingerprint density at radius 2 is 1.92 bits per heavy atom. The van der Waals surface area contributed by atoms with Crippen LogP contribution in [0.3, 0.4) is 0 Å². The number of thioether (sulfide) groups is 1. The molecule has 0 saturated carbocycles. The van der Waals surface area contributed by atoms with E-state index >= 15 is 0 Å². The molecule has 26 heavy (non-hydrogen) atoms. The van der Waals surface area contributed by atoms with Gasteiger partial charge in [-0.2, -0.15) is 4.68 Å². The van der Waals surface area contributed by atoms with Crippen molar-refractivity contribution in [3.8, 4) is 5.69 Å². The lowest BCUT2D eigenvalue weighted by atomic mass is 10.1. The van der Waals surface area contributed by atoms with Crippen molar-refractivity contribution in [1.29, 1.82) is 0 Å². The summed E-state index contributed by atoms with van der Waals surface area (Å²) in [5.74, 6) is 0.0249. The highest BCUT2D eigenvalue weighted by molar-refractivity contribution is 7.99. The van der Waals surface area contributed by atoms with E-state index in [9.17, 15) is 9.59 Å². The molecule has 0 unspecified atom stereocenters. The highest BCUT2D eigenvalue weighted by atomic mass is 32.2. The fourth-order valence-electron chi connectivity index (χ4n) is 2.35. The Hall–Kier alpha value is -3.00. The van der Waals surface area contributed by atoms with Gasteiger partial charge in [0.1, 0.15) is 0 Å². The topological polar surface area (TPSA) is 89.8 Å². The molecule has 1 amide bonds. The fourth-order valence-corrected chi connectivity index (χ4v) is 3.13. The smallest absolute Gasteiger partial charge is 0.221 e. The third-order valence-electron chi connectivity index (χ3n) is 3.55. The lowest BCUT2D eigenvalue weighted by Gasteiger charge is -2.06. The predicted octanol–water partition coefficient (Wildman–Crippen LogP) is 2.90. The zero-order valence-electron chi connectivity index (χ0n) is 14.3. The molecule has 0 aliphatic carbocycles. The normalized spacial score (nSPS) is 10.5. The summed E-state index contributed by atoms with van der Waals surface area (Å²) in [7, 11) is 0. The first-order valence-corrected chi connectivity index (χ1v) is 8.90. The average molecular weight is 367 g/mol. The van der Waals surface area contributed by atoms with Crippen LogP contribution in [0.25, 0.3) is 5.69 Å². The molecule has 1 aromatic heterocycles. The first kappa shape index (κ1) is 17.8. The van der Waals surface area contributed by atoms with Crippen molar-refractivity contribution in [3.05, 3.63) is 59.7 Å². The van der Waals surface area contributed by atoms with E-state index in [1.807, 2.05) is 31.2 Å². The lowest BCUT2D eigenvalue weighted by molar-refractivity contribution is -0.114. The van der Waals surface area contributed by atoms with Crippen molar-refractivity contribution in [1.82, 2.24) is 20.2 Å². The van der Waals surface area contributed by atoms with Gasteiger partial charge in [0.05, 0.1) is 11.4 Å². The SMILES string of the molecule is CC(=O)Nc1ccc(C(=O)CSc2nnnn2-c2cccc(C)c2)cc1. The molecule has 1 N–H and O–H groups in total. The molecule has 0 fully saturated rings. The van der Waals surface area contributed by atoms with Crippen molar-refractivity contribution < 1.29 is 9.59 Å². The molecule has 0 saturated heterocycles. The second-order valence-corrected chi connectivity index (χ2v) is 6.63. The van der Waals surface area contributed by atoms with Crippen molar-refractivity contribution in [2.75, 3.05) is 11.1 Å². The van der Waals surface area contributed by atoms with E-state index in [4.69, 9.17) is 0 Å². The first-order chi connectivity index (χ1) is 12.5. The van der Waals surface area contributed by atoms with Gasteiger partial charge in [-0.25, -0.2) is 0 Å². The summed E-state index contributed by atoms with van der Waals surface area (Å²) in [4.78, 5) is 23.4. The molecule has 7 nitrogen and oxygen atoms in total. The highest BCUT2D eigenvalue weighted by Gasteiger charge is 2.13. The van der Waals surface area contributed by atoms with Gasteiger partial charge < -0.3 is 5.32 Å². The molecule has 0 atom stereocenters. The van der Waals surface area contributed by atoms with Gasteiger partial charge in [-0.3, -0.25) is 9.59 Å². The number of aryl methyl sites for hydroxylation is 1. The van der Waals surface area contributed by atoms with Crippen LogP contribution >= 0.6 is 11.8 Å². The second-order valence-electron chi connectivity index (χ2n) is 5.68. The maximum absolute atomic E-state index is 12.4. The Kier molecular flexibility index (Phi) is 5.43. The number of hydrogen-bond donors (Lipinski definition) is 1. The van der Waals surface area contributed by atoms with Gasteiger partial charge >= 0.3 is 0 Å². The van der Waals surface area contributed by atoms with E-state index in [1.54, 1.807) is 28.9 Å². The third-order valence-corrected chi connectivity index (χ3v) is 4.47. The third kappa shape index (κ3) is 4.34. The standard InChI is InChI=1S/C18H17N5O2S/c1-12-4-3-5-16(10-12)23-18(20-21-22-23)26-11-17(25)14-6-8-15(9-7-14)19-13(2)24/h3-10H,11H2,1-2H3,(H,19,24). The summed E-state index contributed by atoms with van der Waals surface area (Å²) in [6, 6.07) is 14.6. The number of ketones is 1. The van der Waals surface area contributed by atoms with E-state index in [0.717, 1.165) is 11.3 Å². The van der Waals surface area contributed by atoms with Crippen molar-refractivity contribution in [2.24, 2.45) is 0 Å². The number of nitrogens with zero attached hydrogens (tertiary/aromatic N) is 4. The summed E-state index contributed by atoms with van der Waals surface area (Å²) >= 11 is 1.28. The van der Waals surface area contributed by atoms with Gasteiger partial charge in [-0.15, -0.1) is 5.10 Å². The minimum atomic E-state index is -0.150. The molecule has 0 aliphatic heterocycles. The zero-order valence-corrected chi connectivity index (χ0v) is 15.2. The Balaban J connectivity index is 1.67. The van der Waals surface area contributed by atoms with E-state index in [2.05, 4.69) is 20.8 Å². The van der Waals surface area contributed by atoms with E-state index < -0.39 is 0 Å². The quantitative estimate of drug-likeness (QED) is 0.532. The van der Waals surface area contributed by atoms with Crippen molar-refractivity contribution in [2.45, 2.75) is 19.0 Å². The second kappa shape index (κ2) is 7.92. The molecule has 0 spiro atoms. The number of amides is 1. The minimum absolute atomic E-state index is 0.0387. The number of hydrogen-bond acceptors (Lipinski definition) is 6.